The third kappa shape index (κ3) is 5.25. The summed E-state index contributed by atoms with van der Waals surface area (Å²) >= 11 is 0. The Morgan fingerprint density at radius 3 is 2.67 bits per heavy atom. The minimum absolute atomic E-state index is 0.228. The maximum atomic E-state index is 12.9. The maximum absolute atomic E-state index is 12.9. The van der Waals surface area contributed by atoms with Crippen molar-refractivity contribution in [3.05, 3.63) is 77.1 Å². The number of nitrogens with one attached hydrogen (secondary N) is 1. The average Bonchev–Trinajstić information content (AvgIpc) is 3.21. The van der Waals surface area contributed by atoms with Gasteiger partial charge >= 0.3 is 0 Å². The van der Waals surface area contributed by atoms with Crippen molar-refractivity contribution < 1.29 is 4.79 Å². The normalized spacial score (nSPS) is 14.4. The third-order valence-electron chi connectivity index (χ3n) is 6.42. The van der Waals surface area contributed by atoms with E-state index in [1.165, 1.54) is 11.9 Å². The molecule has 9 heteroatoms. The van der Waals surface area contributed by atoms with E-state index < -0.39 is 0 Å². The zero-order valence-electron chi connectivity index (χ0n) is 20.7. The summed E-state index contributed by atoms with van der Waals surface area (Å²) in [5.74, 6) is 5.87. The lowest BCUT2D eigenvalue weighted by Gasteiger charge is -2.32. The fraction of sp³-hybridized carbons (Fsp3) is 0.296. The molecule has 1 fully saturated rings. The van der Waals surface area contributed by atoms with E-state index in [0.29, 0.717) is 22.5 Å². The van der Waals surface area contributed by atoms with Crippen molar-refractivity contribution >= 4 is 22.6 Å². The van der Waals surface area contributed by atoms with Gasteiger partial charge in [0.1, 0.15) is 12.0 Å². The van der Waals surface area contributed by atoms with Gasteiger partial charge in [0.05, 0.1) is 10.9 Å². The molecule has 0 bridgehead atoms. The average molecular weight is 481 g/mol. The number of rotatable bonds is 4. The molecule has 182 valence electrons. The second kappa shape index (κ2) is 10.2. The lowest BCUT2D eigenvalue weighted by atomic mass is 10.1. The minimum Gasteiger partial charge on any atom is -0.322 e. The molecule has 0 radical (unpaired) electrons. The number of carbonyl (C=O) groups is 1. The van der Waals surface area contributed by atoms with Crippen LogP contribution >= 0.6 is 0 Å². The molecule has 1 aliphatic rings. The van der Waals surface area contributed by atoms with Crippen molar-refractivity contribution in [2.75, 3.05) is 38.5 Å². The number of anilines is 1. The van der Waals surface area contributed by atoms with E-state index in [1.54, 1.807) is 29.3 Å². The van der Waals surface area contributed by atoms with Gasteiger partial charge in [-0.3, -0.25) is 14.7 Å². The predicted octanol–water partition coefficient (Wildman–Crippen LogP) is 2.47. The van der Waals surface area contributed by atoms with Crippen molar-refractivity contribution in [1.82, 2.24) is 34.5 Å². The second-order valence-electron chi connectivity index (χ2n) is 9.12. The number of hydrogen-bond acceptors (Lipinski definition) is 7. The molecule has 1 aromatic carbocycles. The van der Waals surface area contributed by atoms with Crippen LogP contribution in [0.2, 0.25) is 0 Å². The molecular weight excluding hydrogens is 452 g/mol. The van der Waals surface area contributed by atoms with E-state index in [4.69, 9.17) is 0 Å². The number of carbonyl (C=O) groups excluding carboxylic acids is 1. The van der Waals surface area contributed by atoms with E-state index in [0.717, 1.165) is 49.4 Å². The standard InChI is InChI=1S/C27H28N8O/c1-19-12-23(6-5-21(19)17-35-10-8-33(2)9-11-35)31-27(36)22-13-20(14-28-15-22)4-7-25-24-16-29-18-30-26(24)34(3)32-25/h5-6,12-16,18H,8-11,17H2,1-3H3,(H,31,36). The van der Waals surface area contributed by atoms with Crippen LogP contribution in [-0.2, 0) is 13.6 Å². The van der Waals surface area contributed by atoms with Crippen LogP contribution in [-0.4, -0.2) is 73.7 Å². The fourth-order valence-corrected chi connectivity index (χ4v) is 4.26. The van der Waals surface area contributed by atoms with Crippen molar-refractivity contribution in [1.29, 1.82) is 0 Å². The summed E-state index contributed by atoms with van der Waals surface area (Å²) in [7, 11) is 3.98. The Morgan fingerprint density at radius 2 is 1.86 bits per heavy atom. The van der Waals surface area contributed by atoms with Gasteiger partial charge in [-0.1, -0.05) is 12.0 Å². The van der Waals surface area contributed by atoms with Crippen molar-refractivity contribution in [2.24, 2.45) is 7.05 Å². The summed E-state index contributed by atoms with van der Waals surface area (Å²) in [5, 5.41) is 8.17. The highest BCUT2D eigenvalue weighted by molar-refractivity contribution is 6.04. The Kier molecular flexibility index (Phi) is 6.71. The fourth-order valence-electron chi connectivity index (χ4n) is 4.26. The van der Waals surface area contributed by atoms with Crippen LogP contribution in [0.25, 0.3) is 11.0 Å². The summed E-state index contributed by atoms with van der Waals surface area (Å²) in [5.41, 5.74) is 5.56. The van der Waals surface area contributed by atoms with E-state index >= 15 is 0 Å². The summed E-state index contributed by atoms with van der Waals surface area (Å²) in [6, 6.07) is 7.81. The van der Waals surface area contributed by atoms with E-state index in [9.17, 15) is 4.79 Å². The first-order valence-corrected chi connectivity index (χ1v) is 11.9. The smallest absolute Gasteiger partial charge is 0.257 e. The van der Waals surface area contributed by atoms with Gasteiger partial charge in [0.25, 0.3) is 5.91 Å². The summed E-state index contributed by atoms with van der Waals surface area (Å²) < 4.78 is 1.67. The van der Waals surface area contributed by atoms with E-state index in [2.05, 4.69) is 67.0 Å². The van der Waals surface area contributed by atoms with E-state index in [-0.39, 0.29) is 5.91 Å². The first kappa shape index (κ1) is 23.6. The molecule has 0 unspecified atom stereocenters. The number of aromatic nitrogens is 5. The summed E-state index contributed by atoms with van der Waals surface area (Å²) in [6.07, 6.45) is 6.34. The van der Waals surface area contributed by atoms with Crippen molar-refractivity contribution in [3.63, 3.8) is 0 Å². The molecule has 4 aromatic rings. The quantitative estimate of drug-likeness (QED) is 0.449. The number of likely N-dealkylation sites (N-methyl/N-ethyl adjacent to an activating group) is 1. The number of aryl methyl sites for hydroxylation is 2. The highest BCUT2D eigenvalue weighted by atomic mass is 16.1. The Labute approximate surface area is 210 Å². The molecular formula is C27H28N8O. The zero-order chi connectivity index (χ0) is 25.1. The van der Waals surface area contributed by atoms with Gasteiger partial charge in [-0.15, -0.1) is 0 Å². The molecule has 1 amide bonds. The Balaban J connectivity index is 1.27. The molecule has 0 atom stereocenters. The van der Waals surface area contributed by atoms with E-state index in [1.807, 2.05) is 19.2 Å². The molecule has 0 spiro atoms. The van der Waals surface area contributed by atoms with Crippen LogP contribution < -0.4 is 5.32 Å². The van der Waals surface area contributed by atoms with Crippen LogP contribution in [0.5, 0.6) is 0 Å². The number of nitrogens with zero attached hydrogens (tertiary/aromatic N) is 7. The van der Waals surface area contributed by atoms with Gasteiger partial charge in [-0.25, -0.2) is 14.6 Å². The van der Waals surface area contributed by atoms with Crippen molar-refractivity contribution in [2.45, 2.75) is 13.5 Å². The number of pyridine rings is 1. The number of benzene rings is 1. The van der Waals surface area contributed by atoms with Gasteiger partial charge in [0, 0.05) is 69.6 Å². The van der Waals surface area contributed by atoms with Gasteiger partial charge in [0.2, 0.25) is 0 Å². The van der Waals surface area contributed by atoms with Crippen LogP contribution in [0.1, 0.15) is 32.7 Å². The highest BCUT2D eigenvalue weighted by Gasteiger charge is 2.15. The number of fused-ring (bicyclic) bond motifs is 1. The molecule has 1 N–H and O–H groups in total. The molecule has 9 nitrogen and oxygen atoms in total. The largest absolute Gasteiger partial charge is 0.322 e. The molecule has 0 aliphatic carbocycles. The molecule has 1 saturated heterocycles. The Bertz CT molecular complexity index is 1470. The monoisotopic (exact) mass is 480 g/mol. The molecule has 4 heterocycles. The van der Waals surface area contributed by atoms with Crippen LogP contribution in [0, 0.1) is 18.8 Å². The van der Waals surface area contributed by atoms with Gasteiger partial charge in [0.15, 0.2) is 5.65 Å². The summed E-state index contributed by atoms with van der Waals surface area (Å²) in [6.45, 7) is 7.35. The lowest BCUT2D eigenvalue weighted by molar-refractivity contribution is 0.102. The topological polar surface area (TPSA) is 92.1 Å². The van der Waals surface area contributed by atoms with Gasteiger partial charge in [-0.05, 0) is 49.2 Å². The van der Waals surface area contributed by atoms with Crippen LogP contribution in [0.4, 0.5) is 5.69 Å². The first-order valence-electron chi connectivity index (χ1n) is 11.9. The Morgan fingerprint density at radius 1 is 1.03 bits per heavy atom. The third-order valence-corrected chi connectivity index (χ3v) is 6.42. The van der Waals surface area contributed by atoms with Gasteiger partial charge in [-0.2, -0.15) is 5.10 Å². The first-order chi connectivity index (χ1) is 17.5. The Hall–Kier alpha value is -4.13. The van der Waals surface area contributed by atoms with Crippen LogP contribution in [0.3, 0.4) is 0 Å². The van der Waals surface area contributed by atoms with Crippen molar-refractivity contribution in [3.8, 4) is 11.8 Å². The number of piperazine rings is 1. The van der Waals surface area contributed by atoms with Gasteiger partial charge < -0.3 is 10.2 Å². The SMILES string of the molecule is Cc1cc(NC(=O)c2cncc(C#Cc3nn(C)c4ncncc34)c2)ccc1CN1CCN(C)CC1. The maximum Gasteiger partial charge on any atom is 0.257 e. The highest BCUT2D eigenvalue weighted by Crippen LogP contribution is 2.19. The molecule has 5 rings (SSSR count). The molecule has 0 saturated carbocycles. The number of hydrogen-bond donors (Lipinski definition) is 1. The lowest BCUT2D eigenvalue weighted by Crippen LogP contribution is -2.43. The molecule has 36 heavy (non-hydrogen) atoms. The molecule has 3 aromatic heterocycles. The molecule has 1 aliphatic heterocycles. The zero-order valence-corrected chi connectivity index (χ0v) is 20.7. The van der Waals surface area contributed by atoms with Crippen LogP contribution in [0.15, 0.2) is 49.2 Å². The predicted molar refractivity (Wildman–Crippen MR) is 138 cm³/mol. The second-order valence-corrected chi connectivity index (χ2v) is 9.12. The number of amides is 1. The minimum atomic E-state index is -0.228. The summed E-state index contributed by atoms with van der Waals surface area (Å²) in [4.78, 5) is 30.2.